The SMILES string of the molecule is CC(C)N1CCCC1C1(C)CCCCN1. The van der Waals surface area contributed by atoms with Crippen LogP contribution in [0.25, 0.3) is 0 Å². The first-order valence-corrected chi connectivity index (χ1v) is 6.64. The average Bonchev–Trinajstić information content (AvgIpc) is 2.67. The topological polar surface area (TPSA) is 15.3 Å². The largest absolute Gasteiger partial charge is 0.310 e. The third-order valence-corrected chi connectivity index (χ3v) is 4.34. The Morgan fingerprint density at radius 1 is 1.27 bits per heavy atom. The van der Waals surface area contributed by atoms with E-state index >= 15 is 0 Å². The molecule has 2 heteroatoms. The number of hydrogen-bond donors (Lipinski definition) is 1. The van der Waals surface area contributed by atoms with E-state index in [4.69, 9.17) is 0 Å². The van der Waals surface area contributed by atoms with Crippen LogP contribution in [0.3, 0.4) is 0 Å². The number of hydrogen-bond acceptors (Lipinski definition) is 2. The van der Waals surface area contributed by atoms with E-state index in [2.05, 4.69) is 31.0 Å². The summed E-state index contributed by atoms with van der Waals surface area (Å²) in [5.74, 6) is 0. The summed E-state index contributed by atoms with van der Waals surface area (Å²) in [5.41, 5.74) is 0.388. The Hall–Kier alpha value is -0.0800. The molecule has 88 valence electrons. The summed E-state index contributed by atoms with van der Waals surface area (Å²) in [6, 6.07) is 1.48. The summed E-state index contributed by atoms with van der Waals surface area (Å²) in [5, 5.41) is 3.78. The maximum atomic E-state index is 3.78. The molecule has 0 spiro atoms. The van der Waals surface area contributed by atoms with Gasteiger partial charge >= 0.3 is 0 Å². The van der Waals surface area contributed by atoms with Crippen molar-refractivity contribution in [3.8, 4) is 0 Å². The van der Waals surface area contributed by atoms with Crippen molar-refractivity contribution in [3.63, 3.8) is 0 Å². The van der Waals surface area contributed by atoms with Crippen molar-refractivity contribution in [2.75, 3.05) is 13.1 Å². The van der Waals surface area contributed by atoms with Gasteiger partial charge < -0.3 is 5.32 Å². The van der Waals surface area contributed by atoms with Crippen LogP contribution in [0, 0.1) is 0 Å². The lowest BCUT2D eigenvalue weighted by molar-refractivity contribution is 0.0953. The number of piperidine rings is 1. The highest BCUT2D eigenvalue weighted by molar-refractivity contribution is 5.01. The van der Waals surface area contributed by atoms with Crippen molar-refractivity contribution in [2.24, 2.45) is 0 Å². The molecule has 1 N–H and O–H groups in total. The Bertz CT molecular complexity index is 207. The first-order chi connectivity index (χ1) is 7.13. The van der Waals surface area contributed by atoms with Crippen molar-refractivity contribution >= 4 is 0 Å². The molecule has 2 aliphatic heterocycles. The second-order valence-electron chi connectivity index (χ2n) is 5.79. The van der Waals surface area contributed by atoms with Crippen molar-refractivity contribution < 1.29 is 0 Å². The van der Waals surface area contributed by atoms with Crippen molar-refractivity contribution in [1.82, 2.24) is 10.2 Å². The smallest absolute Gasteiger partial charge is 0.0309 e. The fourth-order valence-electron chi connectivity index (χ4n) is 3.46. The van der Waals surface area contributed by atoms with Crippen molar-refractivity contribution in [1.29, 1.82) is 0 Å². The minimum Gasteiger partial charge on any atom is -0.310 e. The average molecular weight is 210 g/mol. The van der Waals surface area contributed by atoms with E-state index in [9.17, 15) is 0 Å². The first-order valence-electron chi connectivity index (χ1n) is 6.64. The molecule has 15 heavy (non-hydrogen) atoms. The molecule has 2 unspecified atom stereocenters. The molecule has 2 saturated heterocycles. The Morgan fingerprint density at radius 3 is 2.67 bits per heavy atom. The highest BCUT2D eigenvalue weighted by Gasteiger charge is 2.41. The zero-order chi connectivity index (χ0) is 10.9. The van der Waals surface area contributed by atoms with Crippen LogP contribution >= 0.6 is 0 Å². The van der Waals surface area contributed by atoms with Gasteiger partial charge in [-0.05, 0) is 59.5 Å². The minimum absolute atomic E-state index is 0.388. The van der Waals surface area contributed by atoms with E-state index < -0.39 is 0 Å². The van der Waals surface area contributed by atoms with Gasteiger partial charge in [-0.2, -0.15) is 0 Å². The molecule has 2 aliphatic rings. The summed E-state index contributed by atoms with van der Waals surface area (Å²) in [6.07, 6.45) is 6.92. The van der Waals surface area contributed by atoms with E-state index in [-0.39, 0.29) is 0 Å². The lowest BCUT2D eigenvalue weighted by Crippen LogP contribution is -2.59. The summed E-state index contributed by atoms with van der Waals surface area (Å²) in [7, 11) is 0. The molecular weight excluding hydrogens is 184 g/mol. The van der Waals surface area contributed by atoms with Crippen LogP contribution in [0.15, 0.2) is 0 Å². The molecular formula is C13H26N2. The summed E-state index contributed by atoms with van der Waals surface area (Å²) in [4.78, 5) is 2.71. The lowest BCUT2D eigenvalue weighted by atomic mass is 9.82. The monoisotopic (exact) mass is 210 g/mol. The standard InChI is InChI=1S/C13H26N2/c1-11(2)15-10-6-7-12(15)13(3)8-4-5-9-14-13/h11-12,14H,4-10H2,1-3H3. The Labute approximate surface area is 94.4 Å². The van der Waals surface area contributed by atoms with Crippen LogP contribution in [-0.4, -0.2) is 35.6 Å². The molecule has 0 aromatic heterocycles. The molecule has 2 heterocycles. The summed E-state index contributed by atoms with van der Waals surface area (Å²) in [6.45, 7) is 9.64. The lowest BCUT2D eigenvalue weighted by Gasteiger charge is -2.45. The van der Waals surface area contributed by atoms with Gasteiger partial charge in [-0.1, -0.05) is 6.42 Å². The highest BCUT2D eigenvalue weighted by atomic mass is 15.2. The summed E-state index contributed by atoms with van der Waals surface area (Å²) < 4.78 is 0. The molecule has 0 aliphatic carbocycles. The van der Waals surface area contributed by atoms with Gasteiger partial charge in [-0.25, -0.2) is 0 Å². The fraction of sp³-hybridized carbons (Fsp3) is 1.00. The van der Waals surface area contributed by atoms with Crippen molar-refractivity contribution in [3.05, 3.63) is 0 Å². The van der Waals surface area contributed by atoms with Crippen LogP contribution in [-0.2, 0) is 0 Å². The van der Waals surface area contributed by atoms with Gasteiger partial charge in [0.1, 0.15) is 0 Å². The second-order valence-corrected chi connectivity index (χ2v) is 5.79. The molecule has 0 aromatic rings. The number of likely N-dealkylation sites (tertiary alicyclic amines) is 1. The Morgan fingerprint density at radius 2 is 2.07 bits per heavy atom. The van der Waals surface area contributed by atoms with Gasteiger partial charge in [0, 0.05) is 17.6 Å². The van der Waals surface area contributed by atoms with E-state index in [0.29, 0.717) is 11.6 Å². The van der Waals surface area contributed by atoms with Gasteiger partial charge in [0.2, 0.25) is 0 Å². The summed E-state index contributed by atoms with van der Waals surface area (Å²) >= 11 is 0. The molecule has 2 rings (SSSR count). The normalized spacial score (nSPS) is 38.8. The van der Waals surface area contributed by atoms with Gasteiger partial charge in [-0.3, -0.25) is 4.90 Å². The van der Waals surface area contributed by atoms with Crippen LogP contribution in [0.2, 0.25) is 0 Å². The number of nitrogens with one attached hydrogen (secondary N) is 1. The first kappa shape index (κ1) is 11.4. The predicted molar refractivity (Wildman–Crippen MR) is 65.1 cm³/mol. The predicted octanol–water partition coefficient (Wildman–Crippen LogP) is 2.39. The van der Waals surface area contributed by atoms with Crippen LogP contribution in [0.5, 0.6) is 0 Å². The zero-order valence-corrected chi connectivity index (χ0v) is 10.6. The van der Waals surface area contributed by atoms with E-state index in [1.165, 1.54) is 45.2 Å². The van der Waals surface area contributed by atoms with E-state index in [0.717, 1.165) is 6.04 Å². The minimum atomic E-state index is 0.388. The maximum absolute atomic E-state index is 3.78. The second kappa shape index (κ2) is 4.42. The van der Waals surface area contributed by atoms with Gasteiger partial charge in [-0.15, -0.1) is 0 Å². The maximum Gasteiger partial charge on any atom is 0.0309 e. The van der Waals surface area contributed by atoms with Gasteiger partial charge in [0.05, 0.1) is 0 Å². The van der Waals surface area contributed by atoms with Gasteiger partial charge in [0.15, 0.2) is 0 Å². The van der Waals surface area contributed by atoms with Crippen LogP contribution in [0.4, 0.5) is 0 Å². The molecule has 0 radical (unpaired) electrons. The molecule has 2 atom stereocenters. The number of rotatable bonds is 2. The van der Waals surface area contributed by atoms with Crippen LogP contribution in [0.1, 0.15) is 52.9 Å². The van der Waals surface area contributed by atoms with Crippen molar-refractivity contribution in [2.45, 2.75) is 70.5 Å². The molecule has 2 fully saturated rings. The molecule has 0 bridgehead atoms. The van der Waals surface area contributed by atoms with Gasteiger partial charge in [0.25, 0.3) is 0 Å². The molecule has 0 amide bonds. The van der Waals surface area contributed by atoms with E-state index in [1.54, 1.807) is 0 Å². The highest BCUT2D eigenvalue weighted by Crippen LogP contribution is 2.33. The zero-order valence-electron chi connectivity index (χ0n) is 10.6. The molecule has 0 aromatic carbocycles. The molecule has 2 nitrogen and oxygen atoms in total. The fourth-order valence-corrected chi connectivity index (χ4v) is 3.46. The molecule has 0 saturated carbocycles. The third-order valence-electron chi connectivity index (χ3n) is 4.34. The van der Waals surface area contributed by atoms with E-state index in [1.807, 2.05) is 0 Å². The Balaban J connectivity index is 2.07. The quantitative estimate of drug-likeness (QED) is 0.753. The van der Waals surface area contributed by atoms with Crippen LogP contribution < -0.4 is 5.32 Å². The third kappa shape index (κ3) is 2.21. The number of nitrogens with zero attached hydrogens (tertiary/aromatic N) is 1. The Kier molecular flexibility index (Phi) is 3.36.